The topological polar surface area (TPSA) is 316 Å². The molecule has 11 N–H and O–H groups in total. The molecular formula is C29H46N2O18. The maximum Gasteiger partial charge on any atom is 0.269 e. The fraction of sp³-hybridized carbons (Fsp3) is 0.793. The first kappa shape index (κ1) is 39.6. The van der Waals surface area contributed by atoms with Gasteiger partial charge in [0.05, 0.1) is 18.1 Å². The number of non-ortho nitro benzene ring substituents is 1. The predicted octanol–water partition coefficient (Wildman–Crippen LogP) is -4.42. The molecule has 0 bridgehead atoms. The average molecular weight is 711 g/mol. The first-order valence-corrected chi connectivity index (χ1v) is 15.9. The third kappa shape index (κ3) is 9.56. The quantitative estimate of drug-likeness (QED) is 0.0439. The van der Waals surface area contributed by atoms with E-state index in [9.17, 15) is 56.1 Å². The van der Waals surface area contributed by atoms with Crippen LogP contribution < -0.4 is 10.5 Å². The summed E-state index contributed by atoms with van der Waals surface area (Å²) in [7, 11) is 0. The first-order valence-electron chi connectivity index (χ1n) is 15.9. The van der Waals surface area contributed by atoms with Crippen LogP contribution in [0.5, 0.6) is 5.75 Å². The highest BCUT2D eigenvalue weighted by Gasteiger charge is 2.53. The molecule has 0 spiro atoms. The molecule has 3 aliphatic heterocycles. The summed E-state index contributed by atoms with van der Waals surface area (Å²) in [6.45, 7) is -1.32. The van der Waals surface area contributed by atoms with Crippen molar-refractivity contribution in [1.82, 2.24) is 0 Å². The number of hydrogen-bond acceptors (Lipinski definition) is 19. The Balaban J connectivity index is 1.48. The van der Waals surface area contributed by atoms with Crippen molar-refractivity contribution in [1.29, 1.82) is 0 Å². The van der Waals surface area contributed by atoms with Crippen LogP contribution in [0.15, 0.2) is 24.3 Å². The van der Waals surface area contributed by atoms with Crippen molar-refractivity contribution in [3.05, 3.63) is 34.4 Å². The minimum atomic E-state index is -1.95. The molecule has 9 unspecified atom stereocenters. The number of rotatable bonds is 16. The largest absolute Gasteiger partial charge is 0.491 e. The fourth-order valence-corrected chi connectivity index (χ4v) is 5.63. The van der Waals surface area contributed by atoms with E-state index in [4.69, 9.17) is 38.9 Å². The van der Waals surface area contributed by atoms with Gasteiger partial charge in [0.2, 0.25) is 0 Å². The molecule has 3 fully saturated rings. The molecule has 49 heavy (non-hydrogen) atoms. The van der Waals surface area contributed by atoms with Crippen LogP contribution >= 0.6 is 0 Å². The molecule has 0 saturated carbocycles. The van der Waals surface area contributed by atoms with Gasteiger partial charge in [0.25, 0.3) is 5.69 Å². The molecule has 0 aromatic heterocycles. The highest BCUT2D eigenvalue weighted by atomic mass is 16.8. The summed E-state index contributed by atoms with van der Waals surface area (Å²) in [4.78, 5) is 10.4. The van der Waals surface area contributed by atoms with Crippen molar-refractivity contribution < 1.29 is 84.0 Å². The van der Waals surface area contributed by atoms with Gasteiger partial charge < -0.3 is 84.9 Å². The van der Waals surface area contributed by atoms with E-state index in [0.717, 1.165) is 12.8 Å². The normalized spacial score (nSPS) is 39.8. The Morgan fingerprint density at radius 1 is 0.673 bits per heavy atom. The number of unbranched alkanes of at least 4 members (excludes halogenated alkanes) is 2. The van der Waals surface area contributed by atoms with Crippen LogP contribution in [0.4, 0.5) is 5.69 Å². The number of nitrogens with two attached hydrogens (primary N) is 1. The summed E-state index contributed by atoms with van der Waals surface area (Å²) in [5.41, 5.74) is 5.33. The van der Waals surface area contributed by atoms with E-state index in [2.05, 4.69) is 0 Å². The number of nitrogens with zero attached hydrogens (tertiary/aromatic N) is 1. The molecule has 0 amide bonds. The zero-order valence-electron chi connectivity index (χ0n) is 26.4. The van der Waals surface area contributed by atoms with E-state index in [1.165, 1.54) is 24.3 Å². The number of hydrogen-bond donors (Lipinski definition) is 10. The summed E-state index contributed by atoms with van der Waals surface area (Å²) in [6, 6.07) is 5.09. The third-order valence-corrected chi connectivity index (χ3v) is 8.48. The molecule has 20 nitrogen and oxygen atoms in total. The SMILES string of the molecule is NCCCCCO[C@@H]1OC(COc2ccc([N+](=O)[O-])cc2)[C@@H](O[C@@H]2OC(CO)[C@H](O[C@H]3OC(CO)[C@H](O)C(O)C3O)C(O)C2O)C(O)C1O. The van der Waals surface area contributed by atoms with Crippen LogP contribution in [-0.4, -0.2) is 176 Å². The first-order chi connectivity index (χ1) is 23.4. The number of benzene rings is 1. The van der Waals surface area contributed by atoms with Gasteiger partial charge in [-0.05, 0) is 37.9 Å². The monoisotopic (exact) mass is 710 g/mol. The molecule has 4 rings (SSSR count). The van der Waals surface area contributed by atoms with Crippen molar-refractivity contribution in [2.75, 3.05) is 33.0 Å². The minimum absolute atomic E-state index is 0.153. The van der Waals surface area contributed by atoms with Crippen molar-refractivity contribution in [3.8, 4) is 5.75 Å². The molecule has 15 atom stereocenters. The van der Waals surface area contributed by atoms with Crippen molar-refractivity contribution in [2.45, 2.75) is 111 Å². The van der Waals surface area contributed by atoms with Crippen LogP contribution in [-0.2, 0) is 28.4 Å². The van der Waals surface area contributed by atoms with E-state index in [0.29, 0.717) is 13.0 Å². The number of nitro benzene ring substituents is 1. The van der Waals surface area contributed by atoms with Crippen molar-refractivity contribution >= 4 is 5.69 Å². The van der Waals surface area contributed by atoms with Gasteiger partial charge in [-0.1, -0.05) is 0 Å². The van der Waals surface area contributed by atoms with Gasteiger partial charge in [-0.3, -0.25) is 10.1 Å². The summed E-state index contributed by atoms with van der Waals surface area (Å²) in [6.07, 6.45) is -22.6. The van der Waals surface area contributed by atoms with Gasteiger partial charge in [0.1, 0.15) is 85.6 Å². The lowest BCUT2D eigenvalue weighted by Crippen LogP contribution is -2.66. The molecule has 3 aliphatic rings. The van der Waals surface area contributed by atoms with Gasteiger partial charge in [-0.2, -0.15) is 0 Å². The molecule has 1 aromatic rings. The highest BCUT2D eigenvalue weighted by Crippen LogP contribution is 2.33. The number of aliphatic hydroxyl groups is 9. The zero-order chi connectivity index (χ0) is 35.8. The summed E-state index contributed by atoms with van der Waals surface area (Å²) in [5.74, 6) is 0.186. The van der Waals surface area contributed by atoms with Gasteiger partial charge in [0.15, 0.2) is 18.9 Å². The standard InChI is InChI=1S/C29H46N2O18/c30-8-2-1-3-9-43-27-23(39)20(36)26(17(47-27)12-44-14-6-4-13(5-7-14)31(41)42)49-29-24(40)21(37)25(16(11-33)46-29)48-28-22(38)19(35)18(34)15(10-32)45-28/h4-7,15-29,32-40H,1-3,8-12,30H2/t15?,16?,17?,18-,19?,20?,21?,22?,23?,24?,25-,26+,27+,28+,29-/m0/s1. The third-order valence-electron chi connectivity index (χ3n) is 8.48. The van der Waals surface area contributed by atoms with Crippen LogP contribution in [0.25, 0.3) is 0 Å². The van der Waals surface area contributed by atoms with Gasteiger partial charge >= 0.3 is 0 Å². The van der Waals surface area contributed by atoms with Gasteiger partial charge in [-0.25, -0.2) is 0 Å². The van der Waals surface area contributed by atoms with E-state index in [1.54, 1.807) is 0 Å². The van der Waals surface area contributed by atoms with E-state index in [-0.39, 0.29) is 24.7 Å². The predicted molar refractivity (Wildman–Crippen MR) is 159 cm³/mol. The van der Waals surface area contributed by atoms with Crippen molar-refractivity contribution in [2.24, 2.45) is 5.73 Å². The highest BCUT2D eigenvalue weighted by molar-refractivity contribution is 5.36. The Hall–Kier alpha value is -2.22. The fourth-order valence-electron chi connectivity index (χ4n) is 5.63. The Labute approximate surface area is 280 Å². The number of nitro groups is 1. The second kappa shape index (κ2) is 18.3. The Morgan fingerprint density at radius 3 is 1.78 bits per heavy atom. The lowest BCUT2D eigenvalue weighted by atomic mass is 9.96. The Bertz CT molecular complexity index is 1150. The second-order valence-electron chi connectivity index (χ2n) is 11.9. The van der Waals surface area contributed by atoms with Crippen LogP contribution in [0.2, 0.25) is 0 Å². The molecule has 20 heteroatoms. The number of aliphatic hydroxyl groups excluding tert-OH is 9. The maximum atomic E-state index is 11.1. The molecule has 1 aromatic carbocycles. The van der Waals surface area contributed by atoms with Crippen molar-refractivity contribution in [3.63, 3.8) is 0 Å². The minimum Gasteiger partial charge on any atom is -0.491 e. The smallest absolute Gasteiger partial charge is 0.269 e. The summed E-state index contributed by atoms with van der Waals surface area (Å²) >= 11 is 0. The van der Waals surface area contributed by atoms with Crippen LogP contribution in [0.3, 0.4) is 0 Å². The van der Waals surface area contributed by atoms with Gasteiger partial charge in [-0.15, -0.1) is 0 Å². The van der Waals surface area contributed by atoms with E-state index in [1.807, 2.05) is 0 Å². The van der Waals surface area contributed by atoms with E-state index >= 15 is 0 Å². The summed E-state index contributed by atoms with van der Waals surface area (Å²) < 4.78 is 39.7. The Morgan fingerprint density at radius 2 is 1.20 bits per heavy atom. The maximum absolute atomic E-state index is 11.1. The number of ether oxygens (including phenoxy) is 7. The molecular weight excluding hydrogens is 664 g/mol. The summed E-state index contributed by atoms with van der Waals surface area (Å²) in [5, 5.41) is 105. The zero-order valence-corrected chi connectivity index (χ0v) is 26.4. The molecule has 0 aliphatic carbocycles. The second-order valence-corrected chi connectivity index (χ2v) is 11.9. The van der Waals surface area contributed by atoms with Crippen LogP contribution in [0.1, 0.15) is 19.3 Å². The molecule has 3 saturated heterocycles. The van der Waals surface area contributed by atoms with E-state index < -0.39 is 110 Å². The lowest BCUT2D eigenvalue weighted by Gasteiger charge is -2.48. The Kier molecular flexibility index (Phi) is 14.8. The van der Waals surface area contributed by atoms with Gasteiger partial charge in [0, 0.05) is 18.7 Å². The van der Waals surface area contributed by atoms with Crippen LogP contribution in [0, 0.1) is 10.1 Å². The molecule has 0 radical (unpaired) electrons. The average Bonchev–Trinajstić information content (AvgIpc) is 3.10. The molecule has 280 valence electrons. The lowest BCUT2D eigenvalue weighted by molar-refractivity contribution is -0.384. The molecule has 3 heterocycles.